The molecule has 22 heavy (non-hydrogen) atoms. The van der Waals surface area contributed by atoms with Gasteiger partial charge in [0.2, 0.25) is 5.60 Å². The maximum atomic E-state index is 13.7. The molecule has 0 saturated heterocycles. The molecule has 114 valence electrons. The number of oxime groups is 1. The first kappa shape index (κ1) is 14.9. The van der Waals surface area contributed by atoms with Crippen molar-refractivity contribution in [1.29, 1.82) is 0 Å². The maximum Gasteiger partial charge on any atom is 0.353 e. The maximum absolute atomic E-state index is 13.7. The van der Waals surface area contributed by atoms with Crippen LogP contribution in [0.5, 0.6) is 0 Å². The highest BCUT2D eigenvalue weighted by Crippen LogP contribution is 2.46. The highest BCUT2D eigenvalue weighted by Gasteiger charge is 2.59. The van der Waals surface area contributed by atoms with E-state index in [-0.39, 0.29) is 16.5 Å². The van der Waals surface area contributed by atoms with Crippen LogP contribution in [0.1, 0.15) is 30.4 Å². The molecular formula is C16H13ClFNO3. The van der Waals surface area contributed by atoms with E-state index in [9.17, 15) is 9.18 Å². The molecule has 3 rings (SSSR count). The average molecular weight is 322 g/mol. The topological polar surface area (TPSA) is 47.9 Å². The molecule has 1 aliphatic heterocycles. The summed E-state index contributed by atoms with van der Waals surface area (Å²) in [5.74, 6) is 0.976. The molecule has 2 aliphatic rings. The standard InChI is InChI=1S/C16H13ClFNO3/c1-3-9-7-10(12(17)8-13(9)18)14-11-5-4-6-16(11,22-19-14)15(20)21-2/h1,7-8,11H,4-6H2,2H3. The van der Waals surface area contributed by atoms with Crippen LogP contribution in [0.15, 0.2) is 17.3 Å². The van der Waals surface area contributed by atoms with Gasteiger partial charge in [-0.25, -0.2) is 9.18 Å². The first-order valence-corrected chi connectivity index (χ1v) is 7.22. The molecule has 0 spiro atoms. The van der Waals surface area contributed by atoms with Crippen LogP contribution in [0.4, 0.5) is 4.39 Å². The van der Waals surface area contributed by atoms with Crippen molar-refractivity contribution in [1.82, 2.24) is 0 Å². The number of terminal acetylenes is 1. The van der Waals surface area contributed by atoms with Gasteiger partial charge in [0.15, 0.2) is 0 Å². The third kappa shape index (κ3) is 1.98. The summed E-state index contributed by atoms with van der Waals surface area (Å²) >= 11 is 6.13. The molecule has 1 heterocycles. The van der Waals surface area contributed by atoms with E-state index in [0.29, 0.717) is 24.1 Å². The lowest BCUT2D eigenvalue weighted by molar-refractivity contribution is -0.168. The van der Waals surface area contributed by atoms with Gasteiger partial charge in [-0.3, -0.25) is 0 Å². The number of benzene rings is 1. The van der Waals surface area contributed by atoms with Gasteiger partial charge in [-0.2, -0.15) is 0 Å². The molecule has 1 aromatic rings. The van der Waals surface area contributed by atoms with Gasteiger partial charge in [0.1, 0.15) is 5.82 Å². The molecule has 2 unspecified atom stereocenters. The predicted molar refractivity (Wildman–Crippen MR) is 79.1 cm³/mol. The van der Waals surface area contributed by atoms with Crippen molar-refractivity contribution in [3.05, 3.63) is 34.1 Å². The van der Waals surface area contributed by atoms with E-state index in [1.807, 2.05) is 0 Å². The van der Waals surface area contributed by atoms with E-state index in [0.717, 1.165) is 12.5 Å². The molecule has 4 nitrogen and oxygen atoms in total. The van der Waals surface area contributed by atoms with Crippen molar-refractivity contribution < 1.29 is 18.8 Å². The molecule has 2 atom stereocenters. The van der Waals surface area contributed by atoms with Gasteiger partial charge >= 0.3 is 5.97 Å². The predicted octanol–water partition coefficient (Wildman–Crippen LogP) is 2.91. The van der Waals surface area contributed by atoms with Crippen LogP contribution in [0, 0.1) is 24.1 Å². The highest BCUT2D eigenvalue weighted by atomic mass is 35.5. The minimum atomic E-state index is -1.10. The molecule has 0 N–H and O–H groups in total. The molecule has 1 aromatic carbocycles. The summed E-state index contributed by atoms with van der Waals surface area (Å²) in [6.07, 6.45) is 7.34. The van der Waals surface area contributed by atoms with Gasteiger partial charge in [-0.15, -0.1) is 6.42 Å². The van der Waals surface area contributed by atoms with Crippen LogP contribution in [0.2, 0.25) is 5.02 Å². The Labute approximate surface area is 132 Å². The summed E-state index contributed by atoms with van der Waals surface area (Å²) in [6, 6.07) is 2.62. The fourth-order valence-corrected chi connectivity index (χ4v) is 3.43. The van der Waals surface area contributed by atoms with Gasteiger partial charge in [0.05, 0.1) is 29.3 Å². The fourth-order valence-electron chi connectivity index (χ4n) is 3.18. The van der Waals surface area contributed by atoms with E-state index in [1.165, 1.54) is 13.2 Å². The van der Waals surface area contributed by atoms with Crippen LogP contribution in [0.3, 0.4) is 0 Å². The van der Waals surface area contributed by atoms with Crippen molar-refractivity contribution in [3.63, 3.8) is 0 Å². The molecule has 1 fully saturated rings. The van der Waals surface area contributed by atoms with Crippen LogP contribution < -0.4 is 0 Å². The van der Waals surface area contributed by atoms with Gasteiger partial charge < -0.3 is 9.57 Å². The second-order valence-electron chi connectivity index (χ2n) is 5.35. The summed E-state index contributed by atoms with van der Waals surface area (Å²) in [5, 5.41) is 4.22. The lowest BCUT2D eigenvalue weighted by atomic mass is 9.84. The monoisotopic (exact) mass is 321 g/mol. The van der Waals surface area contributed by atoms with Gasteiger partial charge in [-0.05, 0) is 25.0 Å². The zero-order valence-corrected chi connectivity index (χ0v) is 12.6. The lowest BCUT2D eigenvalue weighted by Crippen LogP contribution is -2.43. The normalized spacial score (nSPS) is 25.9. The van der Waals surface area contributed by atoms with Gasteiger partial charge in [-0.1, -0.05) is 22.7 Å². The third-order valence-electron chi connectivity index (χ3n) is 4.26. The number of esters is 1. The minimum Gasteiger partial charge on any atom is -0.466 e. The third-order valence-corrected chi connectivity index (χ3v) is 4.57. The van der Waals surface area contributed by atoms with Crippen molar-refractivity contribution in [2.24, 2.45) is 11.1 Å². The van der Waals surface area contributed by atoms with Crippen LogP contribution in [-0.2, 0) is 14.4 Å². The fraction of sp³-hybridized carbons (Fsp3) is 0.375. The number of ether oxygens (including phenoxy) is 1. The largest absolute Gasteiger partial charge is 0.466 e. The van der Waals surface area contributed by atoms with Gasteiger partial charge in [0, 0.05) is 12.0 Å². The highest BCUT2D eigenvalue weighted by molar-refractivity contribution is 6.34. The molecule has 1 aliphatic carbocycles. The molecule has 0 aromatic heterocycles. The number of hydrogen-bond acceptors (Lipinski definition) is 4. The lowest BCUT2D eigenvalue weighted by Gasteiger charge is -2.23. The van der Waals surface area contributed by atoms with Crippen LogP contribution in [0.25, 0.3) is 0 Å². The Hall–Kier alpha value is -2.06. The number of carbonyl (C=O) groups excluding carboxylic acids is 1. The van der Waals surface area contributed by atoms with Crippen molar-refractivity contribution in [3.8, 4) is 12.3 Å². The second-order valence-corrected chi connectivity index (χ2v) is 5.76. The molecule has 6 heteroatoms. The smallest absolute Gasteiger partial charge is 0.353 e. The molecule has 1 saturated carbocycles. The summed E-state index contributed by atoms with van der Waals surface area (Å²) in [4.78, 5) is 17.6. The van der Waals surface area contributed by atoms with Crippen molar-refractivity contribution in [2.75, 3.05) is 7.11 Å². The summed E-state index contributed by atoms with van der Waals surface area (Å²) in [5.41, 5.74) is 0.00623. The zero-order chi connectivity index (χ0) is 15.9. The van der Waals surface area contributed by atoms with E-state index in [2.05, 4.69) is 11.1 Å². The Kier molecular flexibility index (Phi) is 3.57. The number of halogens is 2. The Bertz CT molecular complexity index is 725. The average Bonchev–Trinajstić information content (AvgIpc) is 3.07. The van der Waals surface area contributed by atoms with Crippen LogP contribution >= 0.6 is 11.6 Å². The molecule has 0 radical (unpaired) electrons. The number of carbonyl (C=O) groups is 1. The Morgan fingerprint density at radius 1 is 1.64 bits per heavy atom. The van der Waals surface area contributed by atoms with Gasteiger partial charge in [0.25, 0.3) is 0 Å². The first-order valence-electron chi connectivity index (χ1n) is 6.84. The number of fused-ring (bicyclic) bond motifs is 1. The summed E-state index contributed by atoms with van der Waals surface area (Å²) in [7, 11) is 1.31. The zero-order valence-electron chi connectivity index (χ0n) is 11.9. The van der Waals surface area contributed by atoms with Crippen LogP contribution in [-0.4, -0.2) is 24.4 Å². The first-order chi connectivity index (χ1) is 10.5. The number of rotatable bonds is 2. The molecular weight excluding hydrogens is 309 g/mol. The Morgan fingerprint density at radius 2 is 2.41 bits per heavy atom. The Balaban J connectivity index is 2.05. The number of nitrogens with zero attached hydrogens (tertiary/aromatic N) is 1. The number of methoxy groups -OCH3 is 1. The van der Waals surface area contributed by atoms with E-state index in [1.54, 1.807) is 0 Å². The molecule has 0 bridgehead atoms. The van der Waals surface area contributed by atoms with Crippen molar-refractivity contribution >= 4 is 23.3 Å². The minimum absolute atomic E-state index is 0.0932. The SMILES string of the molecule is C#Cc1cc(C2=NOC3(C(=O)OC)CCCC23)c(Cl)cc1F. The second kappa shape index (κ2) is 5.29. The molecule has 0 amide bonds. The van der Waals surface area contributed by atoms with Crippen molar-refractivity contribution in [2.45, 2.75) is 24.9 Å². The quantitative estimate of drug-likeness (QED) is 0.621. The summed E-state index contributed by atoms with van der Waals surface area (Å²) < 4.78 is 18.5. The van der Waals surface area contributed by atoms with E-state index in [4.69, 9.17) is 27.6 Å². The van der Waals surface area contributed by atoms with E-state index < -0.39 is 17.4 Å². The van der Waals surface area contributed by atoms with E-state index >= 15 is 0 Å². The summed E-state index contributed by atoms with van der Waals surface area (Å²) in [6.45, 7) is 0. The number of hydrogen-bond donors (Lipinski definition) is 0. The Morgan fingerprint density at radius 3 is 3.09 bits per heavy atom.